The monoisotopic (exact) mass is 1150 g/mol. The molecule has 29 heteroatoms. The number of pyridine rings is 2. The highest BCUT2D eigenvalue weighted by atomic mass is 35.5. The topological polar surface area (TPSA) is 308 Å². The maximum absolute atomic E-state index is 14.0. The highest BCUT2D eigenvalue weighted by Gasteiger charge is 2.58. The van der Waals surface area contributed by atoms with E-state index in [-0.39, 0.29) is 75.5 Å². The van der Waals surface area contributed by atoms with Crippen LogP contribution in [0.3, 0.4) is 0 Å². The highest BCUT2D eigenvalue weighted by Crippen LogP contribution is 2.50. The third-order valence-corrected chi connectivity index (χ3v) is 15.9. The van der Waals surface area contributed by atoms with Crippen LogP contribution in [-0.2, 0) is 70.0 Å². The molecule has 0 radical (unpaired) electrons. The van der Waals surface area contributed by atoms with Gasteiger partial charge in [0.15, 0.2) is 22.2 Å². The van der Waals surface area contributed by atoms with Crippen LogP contribution >= 0.6 is 27.2 Å². The van der Waals surface area contributed by atoms with Crippen molar-refractivity contribution in [1.29, 1.82) is 0 Å². The molecule has 0 aliphatic carbocycles. The van der Waals surface area contributed by atoms with Crippen molar-refractivity contribution in [3.05, 3.63) is 119 Å². The molecular formula is C50H55ClN8O18P2. The molecule has 6 aromatic rings. The molecular weight excluding hydrogens is 1100 g/mol. The van der Waals surface area contributed by atoms with Gasteiger partial charge in [0.25, 0.3) is 23.6 Å². The van der Waals surface area contributed by atoms with E-state index in [2.05, 4.69) is 30.4 Å². The van der Waals surface area contributed by atoms with Crippen LogP contribution in [0, 0.1) is 0 Å². The van der Waals surface area contributed by atoms with Gasteiger partial charge in [-0.2, -0.15) is 0 Å². The Balaban J connectivity index is 0.000000180. The molecule has 4 aliphatic rings. The zero-order valence-corrected chi connectivity index (χ0v) is 46.1. The molecule has 3 N–H and O–H groups in total. The van der Waals surface area contributed by atoms with Gasteiger partial charge in [-0.3, -0.25) is 61.6 Å². The molecule has 2 fully saturated rings. The molecule has 0 unspecified atom stereocenters. The Hall–Kier alpha value is -7.25. The fraction of sp³-hybridized carbons (Fsp3) is 0.360. The first-order valence-electron chi connectivity index (χ1n) is 24.4. The van der Waals surface area contributed by atoms with Crippen molar-refractivity contribution in [2.75, 3.05) is 66.5 Å². The molecule has 79 heavy (non-hydrogen) atoms. The molecule has 0 saturated carbocycles. The van der Waals surface area contributed by atoms with Crippen LogP contribution in [0.1, 0.15) is 71.1 Å². The summed E-state index contributed by atoms with van der Waals surface area (Å²) in [6, 6.07) is 18.7. The molecule has 10 rings (SSSR count). The number of hydrogen-bond donors (Lipinski definition) is 3. The van der Waals surface area contributed by atoms with Crippen LogP contribution < -0.4 is 25.4 Å². The van der Waals surface area contributed by atoms with E-state index in [0.29, 0.717) is 51.4 Å². The number of halogens is 1. The molecule has 2 saturated heterocycles. The summed E-state index contributed by atoms with van der Waals surface area (Å²) in [5, 5.41) is 7.59. The summed E-state index contributed by atoms with van der Waals surface area (Å²) in [4.78, 5) is 90.4. The van der Waals surface area contributed by atoms with Crippen molar-refractivity contribution in [3.8, 4) is 11.5 Å². The van der Waals surface area contributed by atoms with Gasteiger partial charge in [-0.25, -0.2) is 23.6 Å². The predicted octanol–water partition coefficient (Wildman–Crippen LogP) is 7.30. The maximum atomic E-state index is 14.0. The summed E-state index contributed by atoms with van der Waals surface area (Å²) in [6.45, 7) is 6.64. The third kappa shape index (κ3) is 12.0. The van der Waals surface area contributed by atoms with Gasteiger partial charge in [0.05, 0.1) is 53.7 Å². The average molecular weight is 1150 g/mol. The van der Waals surface area contributed by atoms with Crippen LogP contribution in [0.15, 0.2) is 94.0 Å². The first-order valence-corrected chi connectivity index (χ1v) is 27.9. The second kappa shape index (κ2) is 24.4. The maximum Gasteiger partial charge on any atom is 0.476 e. The Morgan fingerprint density at radius 1 is 0.620 bits per heavy atom. The number of carbonyl (C=O) groups excluding carboxylic acids is 6. The molecule has 8 amide bonds. The van der Waals surface area contributed by atoms with Crippen molar-refractivity contribution in [2.24, 2.45) is 0 Å². The zero-order chi connectivity index (χ0) is 56.7. The molecule has 4 aromatic heterocycles. The van der Waals surface area contributed by atoms with Crippen molar-refractivity contribution in [2.45, 2.75) is 51.9 Å². The molecule has 0 bridgehead atoms. The van der Waals surface area contributed by atoms with E-state index in [1.54, 1.807) is 107 Å². The molecule has 2 aromatic carbocycles. The SMILES string of the molecule is CCOP(=O)(OCC)OCCl.CCOP(=O)(OCC)OCN1C(=O)N[C@@](CN2Cc3ccc(OC)cc3C2=O)(c2cc3ncccc3o2)C1=O.COc1ccc2c(c1)C(=O)N(C[C@@]1(c3cc4ncccc4o3)NC(=O)NC1=O)C2. The third-order valence-electron chi connectivity index (χ3n) is 12.5. The van der Waals surface area contributed by atoms with Crippen LogP contribution in [0.2, 0.25) is 0 Å². The smallest absolute Gasteiger partial charge is 0.476 e. The molecule has 0 spiro atoms. The quantitative estimate of drug-likeness (QED) is 0.0361. The Kier molecular flexibility index (Phi) is 17.9. The van der Waals surface area contributed by atoms with Gasteiger partial charge in [-0.15, -0.1) is 0 Å². The summed E-state index contributed by atoms with van der Waals surface area (Å²) in [5.74, 6) is -0.553. The number of phosphoric acid groups is 2. The molecule has 26 nitrogen and oxygen atoms in total. The fourth-order valence-electron chi connectivity index (χ4n) is 8.92. The number of nitrogens with one attached hydrogen (secondary N) is 3. The number of nitrogens with zero attached hydrogens (tertiary/aromatic N) is 5. The number of benzene rings is 2. The van der Waals surface area contributed by atoms with E-state index >= 15 is 0 Å². The van der Waals surface area contributed by atoms with Crippen LogP contribution in [0.5, 0.6) is 11.5 Å². The average Bonchev–Trinajstić information content (AvgIpc) is 4.41. The number of ether oxygens (including phenoxy) is 2. The number of amides is 8. The van der Waals surface area contributed by atoms with Crippen LogP contribution in [0.25, 0.3) is 22.2 Å². The lowest BCUT2D eigenvalue weighted by Gasteiger charge is -2.29. The van der Waals surface area contributed by atoms with Crippen LogP contribution in [0.4, 0.5) is 9.59 Å². The van der Waals surface area contributed by atoms with E-state index < -0.39 is 57.3 Å². The minimum Gasteiger partial charge on any atom is -0.497 e. The summed E-state index contributed by atoms with van der Waals surface area (Å²) < 4.78 is 75.9. The number of alkyl halides is 1. The molecule has 8 heterocycles. The number of aromatic nitrogens is 2. The number of rotatable bonds is 21. The minimum absolute atomic E-state index is 0.0236. The molecule has 2 atom stereocenters. The predicted molar refractivity (Wildman–Crippen MR) is 278 cm³/mol. The fourth-order valence-corrected chi connectivity index (χ4v) is 11.4. The first-order chi connectivity index (χ1) is 37.9. The van der Waals surface area contributed by atoms with Crippen molar-refractivity contribution in [1.82, 2.24) is 40.6 Å². The zero-order valence-electron chi connectivity index (χ0n) is 43.5. The molecule has 4 aliphatic heterocycles. The van der Waals surface area contributed by atoms with E-state index in [4.69, 9.17) is 52.5 Å². The van der Waals surface area contributed by atoms with Gasteiger partial charge in [0, 0.05) is 48.7 Å². The molecule has 420 valence electrons. The minimum atomic E-state index is -4.03. The highest BCUT2D eigenvalue weighted by molar-refractivity contribution is 7.48. The van der Waals surface area contributed by atoms with Gasteiger partial charge < -0.3 is 38.7 Å². The van der Waals surface area contributed by atoms with E-state index in [1.807, 2.05) is 6.07 Å². The Bertz CT molecular complexity index is 3300. The number of methoxy groups -OCH3 is 2. The van der Waals surface area contributed by atoms with Crippen LogP contribution in [-0.4, -0.2) is 127 Å². The lowest BCUT2D eigenvalue weighted by molar-refractivity contribution is -0.135. The van der Waals surface area contributed by atoms with E-state index in [0.717, 1.165) is 16.0 Å². The number of carbonyl (C=O) groups is 6. The summed E-state index contributed by atoms with van der Waals surface area (Å²) in [7, 11) is -4.35. The number of urea groups is 2. The Labute approximate surface area is 456 Å². The number of imide groups is 2. The second-order valence-electron chi connectivity index (χ2n) is 17.3. The van der Waals surface area contributed by atoms with Gasteiger partial charge in [-0.05, 0) is 87.4 Å². The van der Waals surface area contributed by atoms with Gasteiger partial charge in [0.2, 0.25) is 0 Å². The summed E-state index contributed by atoms with van der Waals surface area (Å²) in [5.41, 5.74) is 1.04. The lowest BCUT2D eigenvalue weighted by Crippen LogP contribution is -2.52. The second-order valence-corrected chi connectivity index (χ2v) is 20.9. The summed E-state index contributed by atoms with van der Waals surface area (Å²) in [6.07, 6.45) is 3.17. The Morgan fingerprint density at radius 3 is 1.52 bits per heavy atom. The number of hydrogen-bond acceptors (Lipinski definition) is 20. The van der Waals surface area contributed by atoms with Gasteiger partial charge in [-0.1, -0.05) is 23.7 Å². The van der Waals surface area contributed by atoms with E-state index in [9.17, 15) is 37.9 Å². The first kappa shape index (κ1) is 57.9. The van der Waals surface area contributed by atoms with Crippen molar-refractivity contribution < 1.29 is 83.3 Å². The van der Waals surface area contributed by atoms with Crippen molar-refractivity contribution in [3.63, 3.8) is 0 Å². The largest absolute Gasteiger partial charge is 0.497 e. The number of phosphoric ester groups is 2. The van der Waals surface area contributed by atoms with E-state index in [1.165, 1.54) is 24.0 Å². The number of fused-ring (bicyclic) bond motifs is 4. The number of furan rings is 2. The lowest BCUT2D eigenvalue weighted by atomic mass is 9.95. The van der Waals surface area contributed by atoms with Gasteiger partial charge >= 0.3 is 27.7 Å². The Morgan fingerprint density at radius 2 is 1.09 bits per heavy atom. The summed E-state index contributed by atoms with van der Waals surface area (Å²) >= 11 is 5.20. The standard InChI is InChI=1S/C25H27N4O9P.C20H16N4O5.C5H12ClO4P/c1-4-35-39(33,36-5-2)37-15-29-23(31)25(27-24(29)32,21-12-19-20(38-21)7-6-10-26-19)14-28-13-16-8-9-17(34-3)11-18(16)22(28)30;1-28-12-5-4-11-9-24(17(25)13(11)7-12)10-20(18(26)22-19(27)23-20)16-8-14-15(29-16)3-2-6-21-14;1-3-8-11(7,9-4-2)10-5-6/h6-12H,4-5,13-15H2,1-3H3,(H,27,32);2-8H,9-10H2,1H3,(H2,22,23,26,27);3-5H2,1-2H3/t25-;20-;/m00./s1. The van der Waals surface area contributed by atoms with Gasteiger partial charge in [0.1, 0.15) is 46.8 Å². The normalized spacial score (nSPS) is 18.7. The van der Waals surface area contributed by atoms with Crippen molar-refractivity contribution >= 4 is 85.1 Å².